The molecule has 2 N–H and O–H groups in total. The molecule has 0 bridgehead atoms. The number of hydrogen-bond acceptors (Lipinski definition) is 6. The van der Waals surface area contributed by atoms with E-state index in [1.807, 2.05) is 36.4 Å². The van der Waals surface area contributed by atoms with Gasteiger partial charge in [0.2, 0.25) is 5.95 Å². The average molecular weight is 436 g/mol. The van der Waals surface area contributed by atoms with Crippen molar-refractivity contribution in [2.45, 2.75) is 6.42 Å². The van der Waals surface area contributed by atoms with Crippen LogP contribution in [-0.2, 0) is 6.42 Å². The van der Waals surface area contributed by atoms with Crippen LogP contribution in [0.4, 0.5) is 5.95 Å². The monoisotopic (exact) mass is 435 g/mol. The fourth-order valence-electron chi connectivity index (χ4n) is 2.96. The van der Waals surface area contributed by atoms with Crippen LogP contribution in [0.25, 0.3) is 11.3 Å². The predicted octanol–water partition coefficient (Wildman–Crippen LogP) is 3.45. The normalized spacial score (nSPS) is 12.4. The van der Waals surface area contributed by atoms with E-state index < -0.39 is 5.56 Å². The molecular weight excluding hydrogens is 422 g/mol. The first-order chi connectivity index (χ1) is 13.7. The highest BCUT2D eigenvalue weighted by Crippen LogP contribution is 2.34. The Labute approximate surface area is 168 Å². The number of nitriles is 1. The number of aromatic nitrogens is 2. The Morgan fingerprint density at radius 3 is 2.93 bits per heavy atom. The number of nitrogens with zero attached hydrogens (tertiary/aromatic N) is 3. The third-order valence-electron chi connectivity index (χ3n) is 4.22. The molecule has 7 nitrogen and oxygen atoms in total. The second-order valence-electron chi connectivity index (χ2n) is 6.08. The fourth-order valence-corrected chi connectivity index (χ4v) is 3.59. The standard InChI is InChI=1S/C20H14BrN5O2/c21-16-9-12(8-14-6-7-28-18(14)16)11-23-26-20-24-17(13-4-2-1-3-5-13)15(10-22)19(27)25-20/h1-5,8-9,11H,6-7H2,(H2,24,25,26,27). The smallest absolute Gasteiger partial charge is 0.270 e. The van der Waals surface area contributed by atoms with Gasteiger partial charge in [-0.2, -0.15) is 10.4 Å². The molecule has 2 heterocycles. The van der Waals surface area contributed by atoms with Crippen molar-refractivity contribution in [1.29, 1.82) is 5.26 Å². The number of H-pyrrole nitrogens is 1. The van der Waals surface area contributed by atoms with Crippen molar-refractivity contribution in [1.82, 2.24) is 9.97 Å². The largest absolute Gasteiger partial charge is 0.492 e. The molecule has 1 aromatic heterocycles. The molecule has 1 aliphatic rings. The molecule has 4 rings (SSSR count). The van der Waals surface area contributed by atoms with Crippen LogP contribution in [0.2, 0.25) is 0 Å². The molecule has 0 atom stereocenters. The molecular formula is C20H14BrN5O2. The molecule has 138 valence electrons. The highest BCUT2D eigenvalue weighted by atomic mass is 79.9. The minimum Gasteiger partial charge on any atom is -0.492 e. The molecule has 0 saturated carbocycles. The zero-order valence-corrected chi connectivity index (χ0v) is 16.2. The van der Waals surface area contributed by atoms with Gasteiger partial charge in [0.1, 0.15) is 17.4 Å². The van der Waals surface area contributed by atoms with Crippen LogP contribution in [0.5, 0.6) is 5.75 Å². The van der Waals surface area contributed by atoms with E-state index in [0.29, 0.717) is 17.9 Å². The maximum Gasteiger partial charge on any atom is 0.270 e. The number of anilines is 1. The van der Waals surface area contributed by atoms with Crippen molar-refractivity contribution in [2.75, 3.05) is 12.0 Å². The van der Waals surface area contributed by atoms with Gasteiger partial charge in [-0.25, -0.2) is 10.4 Å². The van der Waals surface area contributed by atoms with Crippen LogP contribution >= 0.6 is 15.9 Å². The van der Waals surface area contributed by atoms with Crippen molar-refractivity contribution in [3.05, 3.63) is 74.0 Å². The third kappa shape index (κ3) is 3.52. The van der Waals surface area contributed by atoms with Gasteiger partial charge in [0, 0.05) is 12.0 Å². The SMILES string of the molecule is N#Cc1c(-c2ccccc2)nc(NN=Cc2cc(Br)c3c(c2)CCO3)[nH]c1=O. The Bertz CT molecular complexity index is 1170. The van der Waals surface area contributed by atoms with E-state index in [1.165, 1.54) is 0 Å². The molecule has 1 aliphatic heterocycles. The number of nitrogens with one attached hydrogen (secondary N) is 2. The summed E-state index contributed by atoms with van der Waals surface area (Å²) in [7, 11) is 0. The molecule has 2 aromatic carbocycles. The fraction of sp³-hybridized carbons (Fsp3) is 0.100. The lowest BCUT2D eigenvalue weighted by Gasteiger charge is -2.06. The third-order valence-corrected chi connectivity index (χ3v) is 4.81. The van der Waals surface area contributed by atoms with E-state index in [4.69, 9.17) is 4.74 Å². The molecule has 0 saturated heterocycles. The second-order valence-corrected chi connectivity index (χ2v) is 6.93. The zero-order chi connectivity index (χ0) is 19.5. The summed E-state index contributed by atoms with van der Waals surface area (Å²) in [6.45, 7) is 0.672. The van der Waals surface area contributed by atoms with Gasteiger partial charge in [-0.1, -0.05) is 30.3 Å². The van der Waals surface area contributed by atoms with Crippen LogP contribution in [0, 0.1) is 11.3 Å². The average Bonchev–Trinajstić information content (AvgIpc) is 3.17. The Kier molecular flexibility index (Phi) is 4.91. The molecule has 0 amide bonds. The Morgan fingerprint density at radius 1 is 1.32 bits per heavy atom. The van der Waals surface area contributed by atoms with Gasteiger partial charge in [-0.15, -0.1) is 0 Å². The van der Waals surface area contributed by atoms with Crippen molar-refractivity contribution in [3.8, 4) is 23.1 Å². The Balaban J connectivity index is 1.62. The van der Waals surface area contributed by atoms with E-state index in [9.17, 15) is 10.1 Å². The summed E-state index contributed by atoms with van der Waals surface area (Å²) >= 11 is 3.50. The van der Waals surface area contributed by atoms with E-state index in [0.717, 1.165) is 27.8 Å². The zero-order valence-electron chi connectivity index (χ0n) is 14.6. The number of ether oxygens (including phenoxy) is 1. The molecule has 0 aliphatic carbocycles. The molecule has 0 fully saturated rings. The van der Waals surface area contributed by atoms with E-state index in [2.05, 4.69) is 36.4 Å². The first-order valence-electron chi connectivity index (χ1n) is 8.50. The molecule has 28 heavy (non-hydrogen) atoms. The van der Waals surface area contributed by atoms with E-state index >= 15 is 0 Å². The minimum atomic E-state index is -0.522. The lowest BCUT2D eigenvalue weighted by Crippen LogP contribution is -2.16. The summed E-state index contributed by atoms with van der Waals surface area (Å²) in [6, 6.07) is 14.9. The first kappa shape index (κ1) is 17.9. The topological polar surface area (TPSA) is 103 Å². The lowest BCUT2D eigenvalue weighted by molar-refractivity contribution is 0.355. The number of halogens is 1. The molecule has 8 heteroatoms. The van der Waals surface area contributed by atoms with Crippen molar-refractivity contribution < 1.29 is 4.74 Å². The number of aromatic amines is 1. The van der Waals surface area contributed by atoms with Crippen LogP contribution in [0.1, 0.15) is 16.7 Å². The van der Waals surface area contributed by atoms with Gasteiger partial charge in [0.25, 0.3) is 5.56 Å². The van der Waals surface area contributed by atoms with E-state index in [1.54, 1.807) is 18.3 Å². The lowest BCUT2D eigenvalue weighted by atomic mass is 10.1. The van der Waals surface area contributed by atoms with Gasteiger partial charge >= 0.3 is 0 Å². The minimum absolute atomic E-state index is 0.0386. The highest BCUT2D eigenvalue weighted by molar-refractivity contribution is 9.10. The Hall–Kier alpha value is -3.44. The summed E-state index contributed by atoms with van der Waals surface area (Å²) in [4.78, 5) is 19.1. The molecule has 0 spiro atoms. The number of benzene rings is 2. The molecule has 3 aromatic rings. The summed E-state index contributed by atoms with van der Waals surface area (Å²) < 4.78 is 6.44. The van der Waals surface area contributed by atoms with Crippen molar-refractivity contribution in [2.24, 2.45) is 5.10 Å². The number of hydrazone groups is 1. The maximum absolute atomic E-state index is 12.2. The van der Waals surface area contributed by atoms with Crippen LogP contribution in [0.15, 0.2) is 56.8 Å². The van der Waals surface area contributed by atoms with Crippen molar-refractivity contribution >= 4 is 28.1 Å². The molecule has 0 unspecified atom stereocenters. The number of hydrogen-bond donors (Lipinski definition) is 2. The van der Waals surface area contributed by atoms with Gasteiger partial charge < -0.3 is 4.74 Å². The summed E-state index contributed by atoms with van der Waals surface area (Å²) in [5, 5.41) is 13.5. The number of fused-ring (bicyclic) bond motifs is 1. The summed E-state index contributed by atoms with van der Waals surface area (Å²) in [6.07, 6.45) is 2.48. The van der Waals surface area contributed by atoms with Gasteiger partial charge in [-0.05, 0) is 39.2 Å². The maximum atomic E-state index is 12.2. The van der Waals surface area contributed by atoms with Crippen molar-refractivity contribution in [3.63, 3.8) is 0 Å². The summed E-state index contributed by atoms with van der Waals surface area (Å²) in [5.74, 6) is 1.03. The highest BCUT2D eigenvalue weighted by Gasteiger charge is 2.16. The van der Waals surface area contributed by atoms with Gasteiger partial charge in [0.05, 0.1) is 23.0 Å². The van der Waals surface area contributed by atoms with Gasteiger partial charge in [0.15, 0.2) is 0 Å². The quantitative estimate of drug-likeness (QED) is 0.482. The summed E-state index contributed by atoms with van der Waals surface area (Å²) in [5.41, 5.74) is 5.15. The second kappa shape index (κ2) is 7.66. The van der Waals surface area contributed by atoms with Crippen LogP contribution in [0.3, 0.4) is 0 Å². The predicted molar refractivity (Wildman–Crippen MR) is 110 cm³/mol. The number of rotatable bonds is 4. The Morgan fingerprint density at radius 2 is 2.14 bits per heavy atom. The molecule has 0 radical (unpaired) electrons. The van der Waals surface area contributed by atoms with E-state index in [-0.39, 0.29) is 11.5 Å². The van der Waals surface area contributed by atoms with Crippen LogP contribution in [-0.4, -0.2) is 22.8 Å². The van der Waals surface area contributed by atoms with Crippen LogP contribution < -0.4 is 15.7 Å². The van der Waals surface area contributed by atoms with Gasteiger partial charge in [-0.3, -0.25) is 9.78 Å². The first-order valence-corrected chi connectivity index (χ1v) is 9.29.